The van der Waals surface area contributed by atoms with Crippen molar-refractivity contribution in [2.24, 2.45) is 0 Å². The van der Waals surface area contributed by atoms with Crippen molar-refractivity contribution >= 4 is 28.6 Å². The molecule has 1 aromatic carbocycles. The summed E-state index contributed by atoms with van der Waals surface area (Å²) in [4.78, 5) is 4.22. The number of halogens is 1. The van der Waals surface area contributed by atoms with Gasteiger partial charge in [-0.3, -0.25) is 4.98 Å². The number of hydrogen-bond donors (Lipinski definition) is 1. The molecule has 0 aliphatic carbocycles. The predicted octanol–water partition coefficient (Wildman–Crippen LogP) is 6.10. The summed E-state index contributed by atoms with van der Waals surface area (Å²) in [5.74, 6) is 1.51. The quantitative estimate of drug-likeness (QED) is 0.445. The fraction of sp³-hybridized carbons (Fsp3) is 0.217. The van der Waals surface area contributed by atoms with Crippen molar-refractivity contribution in [3.63, 3.8) is 0 Å². The maximum absolute atomic E-state index is 6.43. The molecule has 6 heteroatoms. The van der Waals surface area contributed by atoms with E-state index in [1.54, 1.807) is 19.5 Å². The zero-order valence-electron chi connectivity index (χ0n) is 16.9. The molecular formula is C23H23ClN4O. The van der Waals surface area contributed by atoms with Crippen LogP contribution in [-0.2, 0) is 5.41 Å². The number of nitrogens with one attached hydrogen (secondary N) is 1. The minimum absolute atomic E-state index is 0.119. The number of pyridine rings is 2. The van der Waals surface area contributed by atoms with Gasteiger partial charge in [0.1, 0.15) is 11.6 Å². The van der Waals surface area contributed by atoms with Gasteiger partial charge >= 0.3 is 0 Å². The van der Waals surface area contributed by atoms with Crippen LogP contribution >= 0.6 is 11.6 Å². The van der Waals surface area contributed by atoms with Crippen LogP contribution < -0.4 is 10.1 Å². The van der Waals surface area contributed by atoms with Crippen molar-refractivity contribution in [3.05, 3.63) is 71.5 Å². The molecule has 0 saturated carbocycles. The molecule has 148 valence electrons. The molecule has 4 aromatic rings. The van der Waals surface area contributed by atoms with Crippen LogP contribution in [0.2, 0.25) is 5.02 Å². The van der Waals surface area contributed by atoms with Gasteiger partial charge in [-0.2, -0.15) is 5.10 Å². The lowest BCUT2D eigenvalue weighted by Crippen LogP contribution is -2.10. The van der Waals surface area contributed by atoms with Crippen molar-refractivity contribution in [3.8, 4) is 17.0 Å². The van der Waals surface area contributed by atoms with Gasteiger partial charge in [-0.1, -0.05) is 44.5 Å². The number of benzene rings is 1. The summed E-state index contributed by atoms with van der Waals surface area (Å²) in [6, 6.07) is 16.1. The van der Waals surface area contributed by atoms with Gasteiger partial charge in [-0.25, -0.2) is 4.52 Å². The van der Waals surface area contributed by atoms with E-state index in [-0.39, 0.29) is 5.41 Å². The van der Waals surface area contributed by atoms with Crippen LogP contribution in [0.5, 0.6) is 5.75 Å². The average Bonchev–Trinajstić information content (AvgIpc) is 3.17. The van der Waals surface area contributed by atoms with E-state index >= 15 is 0 Å². The third-order valence-electron chi connectivity index (χ3n) is 4.84. The second-order valence-corrected chi connectivity index (χ2v) is 8.37. The van der Waals surface area contributed by atoms with Crippen LogP contribution in [0.15, 0.2) is 60.9 Å². The summed E-state index contributed by atoms with van der Waals surface area (Å²) in [7, 11) is 1.62. The molecule has 0 bridgehead atoms. The molecule has 5 nitrogen and oxygen atoms in total. The predicted molar refractivity (Wildman–Crippen MR) is 118 cm³/mol. The number of methoxy groups -OCH3 is 1. The van der Waals surface area contributed by atoms with Gasteiger partial charge in [-0.05, 0) is 47.4 Å². The third-order valence-corrected chi connectivity index (χ3v) is 5.16. The van der Waals surface area contributed by atoms with E-state index in [4.69, 9.17) is 21.4 Å². The summed E-state index contributed by atoms with van der Waals surface area (Å²) in [6.45, 7) is 6.62. The maximum atomic E-state index is 6.43. The lowest BCUT2D eigenvalue weighted by atomic mass is 9.87. The first-order valence-electron chi connectivity index (χ1n) is 9.40. The Balaban J connectivity index is 1.72. The van der Waals surface area contributed by atoms with E-state index in [1.807, 2.05) is 28.8 Å². The van der Waals surface area contributed by atoms with Crippen LogP contribution in [-0.4, -0.2) is 21.7 Å². The van der Waals surface area contributed by atoms with Crippen molar-refractivity contribution in [1.29, 1.82) is 0 Å². The number of fused-ring (bicyclic) bond motifs is 1. The monoisotopic (exact) mass is 406 g/mol. The number of hydrogen-bond acceptors (Lipinski definition) is 4. The largest absolute Gasteiger partial charge is 0.495 e. The van der Waals surface area contributed by atoms with E-state index in [1.165, 1.54) is 5.56 Å². The molecule has 0 aliphatic heterocycles. The summed E-state index contributed by atoms with van der Waals surface area (Å²) in [5.41, 5.74) is 4.85. The Morgan fingerprint density at radius 3 is 2.45 bits per heavy atom. The molecular weight excluding hydrogens is 384 g/mol. The van der Waals surface area contributed by atoms with Gasteiger partial charge in [0.05, 0.1) is 29.5 Å². The Hall–Kier alpha value is -3.05. The zero-order chi connectivity index (χ0) is 20.6. The molecule has 1 N–H and O–H groups in total. The summed E-state index contributed by atoms with van der Waals surface area (Å²) < 4.78 is 7.09. The second-order valence-electron chi connectivity index (χ2n) is 7.96. The molecule has 29 heavy (non-hydrogen) atoms. The Labute approximate surface area is 175 Å². The Morgan fingerprint density at radius 1 is 1.00 bits per heavy atom. The standard InChI is InChI=1S/C23H23ClN4O/c1-23(2,3)16-5-7-17(8-6-16)26-22-10-9-19(24)21-12-20(27-28(21)22)15-11-18(29-4)14-25-13-15/h5-14,26H,1-4H3. The second kappa shape index (κ2) is 7.41. The normalized spacial score (nSPS) is 11.6. The number of aromatic nitrogens is 3. The van der Waals surface area contributed by atoms with Crippen molar-refractivity contribution in [1.82, 2.24) is 14.6 Å². The first kappa shape index (κ1) is 19.3. The fourth-order valence-corrected chi connectivity index (χ4v) is 3.35. The van der Waals surface area contributed by atoms with Crippen LogP contribution in [0.3, 0.4) is 0 Å². The molecule has 0 saturated heterocycles. The van der Waals surface area contributed by atoms with E-state index in [0.29, 0.717) is 10.8 Å². The van der Waals surface area contributed by atoms with Crippen LogP contribution in [0.4, 0.5) is 11.5 Å². The van der Waals surface area contributed by atoms with E-state index < -0.39 is 0 Å². The van der Waals surface area contributed by atoms with Gasteiger partial charge in [0.15, 0.2) is 0 Å². The van der Waals surface area contributed by atoms with E-state index in [9.17, 15) is 0 Å². The highest BCUT2D eigenvalue weighted by atomic mass is 35.5. The minimum atomic E-state index is 0.119. The van der Waals surface area contributed by atoms with Gasteiger partial charge < -0.3 is 10.1 Å². The molecule has 0 aliphatic rings. The van der Waals surface area contributed by atoms with Gasteiger partial charge in [0.25, 0.3) is 0 Å². The smallest absolute Gasteiger partial charge is 0.137 e. The highest BCUT2D eigenvalue weighted by Crippen LogP contribution is 2.30. The Morgan fingerprint density at radius 2 is 1.76 bits per heavy atom. The molecule has 0 unspecified atom stereocenters. The van der Waals surface area contributed by atoms with Gasteiger partial charge in [0.2, 0.25) is 0 Å². The molecule has 0 radical (unpaired) electrons. The number of rotatable bonds is 4. The highest BCUT2D eigenvalue weighted by molar-refractivity contribution is 6.34. The number of nitrogens with zero attached hydrogens (tertiary/aromatic N) is 3. The lowest BCUT2D eigenvalue weighted by Gasteiger charge is -2.19. The molecule has 0 amide bonds. The average molecular weight is 407 g/mol. The van der Waals surface area contributed by atoms with E-state index in [0.717, 1.165) is 28.3 Å². The Kier molecular flexibility index (Phi) is 4.92. The van der Waals surface area contributed by atoms with Gasteiger partial charge in [-0.15, -0.1) is 0 Å². The van der Waals surface area contributed by atoms with Crippen LogP contribution in [0.1, 0.15) is 26.3 Å². The summed E-state index contributed by atoms with van der Waals surface area (Å²) in [5, 5.41) is 8.82. The van der Waals surface area contributed by atoms with Gasteiger partial charge in [0, 0.05) is 17.4 Å². The Bertz CT molecular complexity index is 1160. The lowest BCUT2D eigenvalue weighted by molar-refractivity contribution is 0.413. The molecule has 0 spiro atoms. The topological polar surface area (TPSA) is 51.5 Å². The first-order valence-corrected chi connectivity index (χ1v) is 9.78. The van der Waals surface area contributed by atoms with Crippen LogP contribution in [0, 0.1) is 0 Å². The van der Waals surface area contributed by atoms with E-state index in [2.05, 4.69) is 55.3 Å². The zero-order valence-corrected chi connectivity index (χ0v) is 17.7. The number of ether oxygens (including phenoxy) is 1. The van der Waals surface area contributed by atoms with Crippen molar-refractivity contribution in [2.75, 3.05) is 12.4 Å². The molecule has 0 atom stereocenters. The van der Waals surface area contributed by atoms with Crippen molar-refractivity contribution in [2.45, 2.75) is 26.2 Å². The first-order chi connectivity index (χ1) is 13.8. The number of anilines is 2. The minimum Gasteiger partial charge on any atom is -0.495 e. The highest BCUT2D eigenvalue weighted by Gasteiger charge is 2.14. The van der Waals surface area contributed by atoms with Crippen LogP contribution in [0.25, 0.3) is 16.8 Å². The summed E-state index contributed by atoms with van der Waals surface area (Å²) >= 11 is 6.43. The SMILES string of the molecule is COc1cncc(-c2cc3c(Cl)ccc(Nc4ccc(C(C)(C)C)cc4)n3n2)c1. The van der Waals surface area contributed by atoms with Crippen molar-refractivity contribution < 1.29 is 4.74 Å². The fourth-order valence-electron chi connectivity index (χ4n) is 3.15. The molecule has 0 fully saturated rings. The maximum Gasteiger partial charge on any atom is 0.137 e. The molecule has 3 heterocycles. The molecule has 4 rings (SSSR count). The summed E-state index contributed by atoms with van der Waals surface area (Å²) in [6.07, 6.45) is 3.43. The third kappa shape index (κ3) is 3.91. The molecule has 3 aromatic heterocycles.